The number of nitrogens with one attached hydrogen (secondary N) is 2. The molecule has 2 amide bonds. The molecule has 5 nitrogen and oxygen atoms in total. The molecule has 8 heteroatoms. The maximum absolute atomic E-state index is 12.6. The highest BCUT2D eigenvalue weighted by molar-refractivity contribution is 5.90. The van der Waals surface area contributed by atoms with Gasteiger partial charge in [-0.05, 0) is 6.42 Å². The molecule has 1 fully saturated rings. The van der Waals surface area contributed by atoms with Crippen LogP contribution in [0.5, 0.6) is 0 Å². The van der Waals surface area contributed by atoms with Crippen LogP contribution in [0.4, 0.5) is 8.78 Å². The van der Waals surface area contributed by atoms with Crippen molar-refractivity contribution in [1.82, 2.24) is 10.6 Å². The van der Waals surface area contributed by atoms with Crippen LogP contribution in [0.2, 0.25) is 0 Å². The molecule has 0 aromatic carbocycles. The lowest BCUT2D eigenvalue weighted by atomic mass is 10.2. The maximum atomic E-state index is 12.6. The van der Waals surface area contributed by atoms with Crippen LogP contribution >= 0.6 is 12.4 Å². The minimum Gasteiger partial charge on any atom is -0.348 e. The van der Waals surface area contributed by atoms with Crippen molar-refractivity contribution >= 4 is 24.2 Å². The Kier molecular flexibility index (Phi) is 5.60. The first kappa shape index (κ1) is 15.0. The van der Waals surface area contributed by atoms with Crippen LogP contribution in [0.25, 0.3) is 0 Å². The lowest BCUT2D eigenvalue weighted by Gasteiger charge is -2.16. The number of hydrogen-bond acceptors (Lipinski definition) is 3. The van der Waals surface area contributed by atoms with E-state index in [1.807, 2.05) is 0 Å². The van der Waals surface area contributed by atoms with Crippen molar-refractivity contribution in [2.24, 2.45) is 5.73 Å². The molecule has 0 saturated carbocycles. The SMILES string of the molecule is Cl.NCC(F)(F)CNC(=O)[C@@H]1CCC(=O)N1. The molecule has 1 saturated heterocycles. The number of nitrogens with two attached hydrogens (primary N) is 1. The number of amides is 2. The first-order valence-electron chi connectivity index (χ1n) is 4.59. The Labute approximate surface area is 97.5 Å². The second kappa shape index (κ2) is 5.95. The molecule has 1 heterocycles. The Bertz CT molecular complexity index is 276. The van der Waals surface area contributed by atoms with E-state index < -0.39 is 31.0 Å². The molecule has 1 aliphatic heterocycles. The third-order valence-electron chi connectivity index (χ3n) is 2.13. The van der Waals surface area contributed by atoms with E-state index in [2.05, 4.69) is 10.6 Å². The fourth-order valence-electron chi connectivity index (χ4n) is 1.22. The lowest BCUT2D eigenvalue weighted by molar-refractivity contribution is -0.127. The number of rotatable bonds is 4. The summed E-state index contributed by atoms with van der Waals surface area (Å²) in [5.74, 6) is -3.92. The van der Waals surface area contributed by atoms with Crippen LogP contribution in [0.1, 0.15) is 12.8 Å². The van der Waals surface area contributed by atoms with Gasteiger partial charge in [0, 0.05) is 6.42 Å². The molecule has 0 aromatic heterocycles. The van der Waals surface area contributed by atoms with Gasteiger partial charge in [-0.2, -0.15) is 0 Å². The van der Waals surface area contributed by atoms with Crippen LogP contribution in [0, 0.1) is 0 Å². The number of halogens is 3. The van der Waals surface area contributed by atoms with Gasteiger partial charge in [-0.1, -0.05) is 0 Å². The van der Waals surface area contributed by atoms with Gasteiger partial charge in [-0.25, -0.2) is 8.78 Å². The summed E-state index contributed by atoms with van der Waals surface area (Å²) < 4.78 is 25.3. The summed E-state index contributed by atoms with van der Waals surface area (Å²) in [6, 6.07) is -0.689. The summed E-state index contributed by atoms with van der Waals surface area (Å²) in [5.41, 5.74) is 4.80. The average Bonchev–Trinajstić information content (AvgIpc) is 2.61. The first-order valence-corrected chi connectivity index (χ1v) is 4.59. The van der Waals surface area contributed by atoms with Gasteiger partial charge in [0.1, 0.15) is 6.04 Å². The van der Waals surface area contributed by atoms with Crippen LogP contribution in [0.3, 0.4) is 0 Å². The molecule has 0 bridgehead atoms. The minimum atomic E-state index is -3.10. The van der Waals surface area contributed by atoms with E-state index in [0.29, 0.717) is 6.42 Å². The summed E-state index contributed by atoms with van der Waals surface area (Å²) in [4.78, 5) is 22.0. The van der Waals surface area contributed by atoms with Crippen molar-refractivity contribution in [3.63, 3.8) is 0 Å². The van der Waals surface area contributed by atoms with Crippen molar-refractivity contribution in [1.29, 1.82) is 0 Å². The molecule has 16 heavy (non-hydrogen) atoms. The molecule has 4 N–H and O–H groups in total. The zero-order valence-corrected chi connectivity index (χ0v) is 9.28. The second-order valence-electron chi connectivity index (χ2n) is 3.44. The van der Waals surface area contributed by atoms with Gasteiger partial charge in [-0.3, -0.25) is 9.59 Å². The Morgan fingerprint density at radius 1 is 1.62 bits per heavy atom. The summed E-state index contributed by atoms with van der Waals surface area (Å²) in [7, 11) is 0. The zero-order valence-electron chi connectivity index (χ0n) is 8.46. The van der Waals surface area contributed by atoms with Crippen LogP contribution in [-0.4, -0.2) is 36.9 Å². The minimum absolute atomic E-state index is 0. The number of alkyl halides is 2. The summed E-state index contributed by atoms with van der Waals surface area (Å²) >= 11 is 0. The third kappa shape index (κ3) is 4.28. The van der Waals surface area contributed by atoms with Gasteiger partial charge < -0.3 is 16.4 Å². The van der Waals surface area contributed by atoms with Gasteiger partial charge in [0.05, 0.1) is 13.1 Å². The van der Waals surface area contributed by atoms with Crippen molar-refractivity contribution in [3.05, 3.63) is 0 Å². The first-order chi connectivity index (χ1) is 6.94. The molecule has 1 aliphatic rings. The van der Waals surface area contributed by atoms with Gasteiger partial charge >= 0.3 is 0 Å². The molecular weight excluding hydrogens is 244 g/mol. The fourth-order valence-corrected chi connectivity index (χ4v) is 1.22. The highest BCUT2D eigenvalue weighted by Gasteiger charge is 2.31. The number of carbonyl (C=O) groups is 2. The Morgan fingerprint density at radius 2 is 2.25 bits per heavy atom. The molecule has 1 atom stereocenters. The summed E-state index contributed by atoms with van der Waals surface area (Å²) in [6.45, 7) is -1.61. The van der Waals surface area contributed by atoms with Gasteiger partial charge in [0.25, 0.3) is 5.92 Å². The highest BCUT2D eigenvalue weighted by atomic mass is 35.5. The predicted molar refractivity (Wildman–Crippen MR) is 55.4 cm³/mol. The molecule has 0 unspecified atom stereocenters. The summed E-state index contributed by atoms with van der Waals surface area (Å²) in [6.07, 6.45) is 0.601. The van der Waals surface area contributed by atoms with Crippen molar-refractivity contribution in [3.8, 4) is 0 Å². The van der Waals surface area contributed by atoms with E-state index in [9.17, 15) is 18.4 Å². The van der Waals surface area contributed by atoms with E-state index in [0.717, 1.165) is 0 Å². The Balaban J connectivity index is 0.00000225. The standard InChI is InChI=1S/C8H13F2N3O2.ClH/c9-8(10,3-11)4-12-7(15)5-1-2-6(14)13-5;/h5H,1-4,11H2,(H,12,15)(H,13,14);1H/t5-;/m0./s1. The van der Waals surface area contributed by atoms with E-state index in [-0.39, 0.29) is 24.7 Å². The van der Waals surface area contributed by atoms with E-state index >= 15 is 0 Å². The predicted octanol–water partition coefficient (Wildman–Crippen LogP) is -0.603. The van der Waals surface area contributed by atoms with Crippen LogP contribution in [-0.2, 0) is 9.59 Å². The molecular formula is C8H14ClF2N3O2. The smallest absolute Gasteiger partial charge is 0.277 e. The number of carbonyl (C=O) groups excluding carboxylic acids is 2. The quantitative estimate of drug-likeness (QED) is 0.629. The molecule has 94 valence electrons. The van der Waals surface area contributed by atoms with Gasteiger partial charge in [0.15, 0.2) is 0 Å². The molecule has 0 aliphatic carbocycles. The van der Waals surface area contributed by atoms with Crippen molar-refractivity contribution < 1.29 is 18.4 Å². The lowest BCUT2D eigenvalue weighted by Crippen LogP contribution is -2.47. The van der Waals surface area contributed by atoms with Gasteiger partial charge in [0.2, 0.25) is 11.8 Å². The van der Waals surface area contributed by atoms with Crippen LogP contribution in [0.15, 0.2) is 0 Å². The van der Waals surface area contributed by atoms with E-state index in [4.69, 9.17) is 5.73 Å². The maximum Gasteiger partial charge on any atom is 0.277 e. The average molecular weight is 258 g/mol. The highest BCUT2D eigenvalue weighted by Crippen LogP contribution is 2.10. The second-order valence-corrected chi connectivity index (χ2v) is 3.44. The summed E-state index contributed by atoms with van der Waals surface area (Å²) in [5, 5.41) is 4.43. The Morgan fingerprint density at radius 3 is 2.69 bits per heavy atom. The number of hydrogen-bond donors (Lipinski definition) is 3. The molecule has 0 spiro atoms. The molecule has 0 radical (unpaired) electrons. The normalized spacial score (nSPS) is 19.9. The van der Waals surface area contributed by atoms with E-state index in [1.54, 1.807) is 0 Å². The van der Waals surface area contributed by atoms with Crippen LogP contribution < -0.4 is 16.4 Å². The van der Waals surface area contributed by atoms with E-state index in [1.165, 1.54) is 0 Å². The monoisotopic (exact) mass is 257 g/mol. The Hall–Kier alpha value is -0.950. The molecule has 0 aromatic rings. The topological polar surface area (TPSA) is 84.2 Å². The van der Waals surface area contributed by atoms with Crippen molar-refractivity contribution in [2.45, 2.75) is 24.8 Å². The fraction of sp³-hybridized carbons (Fsp3) is 0.750. The van der Waals surface area contributed by atoms with Gasteiger partial charge in [-0.15, -0.1) is 12.4 Å². The third-order valence-corrected chi connectivity index (χ3v) is 2.13. The van der Waals surface area contributed by atoms with Crippen molar-refractivity contribution in [2.75, 3.05) is 13.1 Å². The largest absolute Gasteiger partial charge is 0.348 e. The molecule has 1 rings (SSSR count). The zero-order chi connectivity index (χ0) is 11.5.